The van der Waals surface area contributed by atoms with Crippen LogP contribution < -0.4 is 5.32 Å². The van der Waals surface area contributed by atoms with Crippen molar-refractivity contribution in [1.29, 1.82) is 0 Å². The van der Waals surface area contributed by atoms with Crippen LogP contribution in [0.2, 0.25) is 0 Å². The van der Waals surface area contributed by atoms with Gasteiger partial charge in [0.05, 0.1) is 0 Å². The first-order valence-electron chi connectivity index (χ1n) is 8.24. The lowest BCUT2D eigenvalue weighted by Crippen LogP contribution is -2.40. The standard InChI is InChI=1S/C17H29N/c1-18-17(14-7-3-4-8-14)16-11-10-13-6-2-5-9-15(13)12-16/h7,13,15-18H,2-6,8-12H2,1H3. The number of hydrogen-bond acceptors (Lipinski definition) is 1. The molecule has 3 rings (SSSR count). The average molecular weight is 247 g/mol. The van der Waals surface area contributed by atoms with E-state index in [0.29, 0.717) is 6.04 Å². The van der Waals surface area contributed by atoms with Gasteiger partial charge in [0, 0.05) is 6.04 Å². The van der Waals surface area contributed by atoms with Gasteiger partial charge in [-0.3, -0.25) is 0 Å². The van der Waals surface area contributed by atoms with E-state index < -0.39 is 0 Å². The molecule has 0 bridgehead atoms. The summed E-state index contributed by atoms with van der Waals surface area (Å²) in [4.78, 5) is 0. The van der Waals surface area contributed by atoms with Gasteiger partial charge in [-0.15, -0.1) is 0 Å². The van der Waals surface area contributed by atoms with Crippen LogP contribution in [0.3, 0.4) is 0 Å². The summed E-state index contributed by atoms with van der Waals surface area (Å²) in [6.45, 7) is 0. The number of rotatable bonds is 3. The molecule has 0 spiro atoms. The molecule has 18 heavy (non-hydrogen) atoms. The molecule has 0 aliphatic heterocycles. The molecular weight excluding hydrogens is 218 g/mol. The van der Waals surface area contributed by atoms with Crippen LogP contribution in [0, 0.1) is 17.8 Å². The van der Waals surface area contributed by atoms with Gasteiger partial charge < -0.3 is 5.32 Å². The Morgan fingerprint density at radius 2 is 1.89 bits per heavy atom. The third-order valence-corrected chi connectivity index (χ3v) is 5.84. The van der Waals surface area contributed by atoms with Gasteiger partial charge in [0.25, 0.3) is 0 Å². The molecule has 1 N–H and O–H groups in total. The second kappa shape index (κ2) is 5.77. The van der Waals surface area contributed by atoms with Gasteiger partial charge >= 0.3 is 0 Å². The molecule has 0 heterocycles. The Morgan fingerprint density at radius 3 is 2.61 bits per heavy atom. The molecule has 0 aromatic heterocycles. The number of allylic oxidation sites excluding steroid dienone is 1. The summed E-state index contributed by atoms with van der Waals surface area (Å²) >= 11 is 0. The van der Waals surface area contributed by atoms with Crippen molar-refractivity contribution < 1.29 is 0 Å². The summed E-state index contributed by atoms with van der Waals surface area (Å²) in [7, 11) is 2.18. The molecule has 0 aromatic rings. The molecule has 3 aliphatic carbocycles. The van der Waals surface area contributed by atoms with E-state index in [1.807, 2.05) is 0 Å². The van der Waals surface area contributed by atoms with Crippen molar-refractivity contribution in [3.05, 3.63) is 11.6 Å². The van der Waals surface area contributed by atoms with Crippen molar-refractivity contribution in [2.45, 2.75) is 70.3 Å². The maximum absolute atomic E-state index is 3.64. The fraction of sp³-hybridized carbons (Fsp3) is 0.882. The Labute approximate surface area is 112 Å². The predicted molar refractivity (Wildman–Crippen MR) is 77.6 cm³/mol. The molecule has 1 nitrogen and oxygen atoms in total. The van der Waals surface area contributed by atoms with Gasteiger partial charge in [-0.25, -0.2) is 0 Å². The quantitative estimate of drug-likeness (QED) is 0.734. The SMILES string of the molecule is CNC(C1=CCCC1)C1CCC2CCCCC2C1. The zero-order valence-electron chi connectivity index (χ0n) is 12.0. The third kappa shape index (κ3) is 2.52. The minimum atomic E-state index is 0.704. The molecular formula is C17H29N. The van der Waals surface area contributed by atoms with E-state index in [4.69, 9.17) is 0 Å². The maximum Gasteiger partial charge on any atom is 0.0305 e. The number of fused-ring (bicyclic) bond motifs is 1. The fourth-order valence-corrected chi connectivity index (χ4v) is 4.91. The number of likely N-dealkylation sites (N-methyl/N-ethyl adjacent to an activating group) is 1. The van der Waals surface area contributed by atoms with Crippen LogP contribution >= 0.6 is 0 Å². The van der Waals surface area contributed by atoms with Crippen LogP contribution in [0.4, 0.5) is 0 Å². The average Bonchev–Trinajstić information content (AvgIpc) is 2.93. The van der Waals surface area contributed by atoms with E-state index in [-0.39, 0.29) is 0 Å². The molecule has 4 atom stereocenters. The van der Waals surface area contributed by atoms with E-state index in [0.717, 1.165) is 17.8 Å². The topological polar surface area (TPSA) is 12.0 Å². The summed E-state index contributed by atoms with van der Waals surface area (Å²) < 4.78 is 0. The van der Waals surface area contributed by atoms with Crippen molar-refractivity contribution in [1.82, 2.24) is 5.32 Å². The Bertz CT molecular complexity index is 307. The largest absolute Gasteiger partial charge is 0.313 e. The van der Waals surface area contributed by atoms with E-state index in [1.54, 1.807) is 5.57 Å². The van der Waals surface area contributed by atoms with Gasteiger partial charge in [-0.1, -0.05) is 37.3 Å². The van der Waals surface area contributed by atoms with Gasteiger partial charge in [0.1, 0.15) is 0 Å². The van der Waals surface area contributed by atoms with Gasteiger partial charge in [-0.2, -0.15) is 0 Å². The lowest BCUT2D eigenvalue weighted by molar-refractivity contribution is 0.117. The van der Waals surface area contributed by atoms with Crippen LogP contribution in [0.1, 0.15) is 64.2 Å². The van der Waals surface area contributed by atoms with E-state index >= 15 is 0 Å². The number of nitrogens with one attached hydrogen (secondary N) is 1. The van der Waals surface area contributed by atoms with Crippen molar-refractivity contribution in [3.8, 4) is 0 Å². The van der Waals surface area contributed by atoms with E-state index in [2.05, 4.69) is 18.4 Å². The van der Waals surface area contributed by atoms with Crippen LogP contribution in [0.5, 0.6) is 0 Å². The predicted octanol–water partition coefficient (Wildman–Crippen LogP) is 4.29. The van der Waals surface area contributed by atoms with Crippen molar-refractivity contribution in [2.24, 2.45) is 17.8 Å². The molecule has 0 amide bonds. The molecule has 3 aliphatic rings. The molecule has 2 fully saturated rings. The zero-order valence-corrected chi connectivity index (χ0v) is 12.0. The normalized spacial score (nSPS) is 38.1. The first-order valence-corrected chi connectivity index (χ1v) is 8.24. The van der Waals surface area contributed by atoms with E-state index in [1.165, 1.54) is 64.2 Å². The second-order valence-corrected chi connectivity index (χ2v) is 6.82. The third-order valence-electron chi connectivity index (χ3n) is 5.84. The smallest absolute Gasteiger partial charge is 0.0305 e. The van der Waals surface area contributed by atoms with E-state index in [9.17, 15) is 0 Å². The summed E-state index contributed by atoms with van der Waals surface area (Å²) in [5.74, 6) is 3.08. The molecule has 4 unspecified atom stereocenters. The minimum absolute atomic E-state index is 0.704. The summed E-state index contributed by atoms with van der Waals surface area (Å²) in [6.07, 6.45) is 17.2. The zero-order chi connectivity index (χ0) is 12.4. The molecule has 102 valence electrons. The lowest BCUT2D eigenvalue weighted by atomic mass is 9.65. The van der Waals surface area contributed by atoms with Gasteiger partial charge in [-0.05, 0) is 63.3 Å². The molecule has 0 saturated heterocycles. The number of hydrogen-bond donors (Lipinski definition) is 1. The monoisotopic (exact) mass is 247 g/mol. The second-order valence-electron chi connectivity index (χ2n) is 6.82. The highest BCUT2D eigenvalue weighted by Crippen LogP contribution is 2.44. The van der Waals surface area contributed by atoms with Gasteiger partial charge in [0.2, 0.25) is 0 Å². The van der Waals surface area contributed by atoms with Crippen LogP contribution in [-0.2, 0) is 0 Å². The Morgan fingerprint density at radius 1 is 1.06 bits per heavy atom. The minimum Gasteiger partial charge on any atom is -0.313 e. The Kier molecular flexibility index (Phi) is 4.08. The van der Waals surface area contributed by atoms with Crippen molar-refractivity contribution >= 4 is 0 Å². The van der Waals surface area contributed by atoms with Crippen LogP contribution in [0.25, 0.3) is 0 Å². The Hall–Kier alpha value is -0.300. The first-order chi connectivity index (χ1) is 8.88. The molecule has 1 heteroatoms. The molecule has 2 saturated carbocycles. The Balaban J connectivity index is 1.64. The fourth-order valence-electron chi connectivity index (χ4n) is 4.91. The summed E-state index contributed by atoms with van der Waals surface area (Å²) in [6, 6.07) is 0.704. The molecule has 0 radical (unpaired) electrons. The van der Waals surface area contributed by atoms with Crippen molar-refractivity contribution in [3.63, 3.8) is 0 Å². The molecule has 0 aromatic carbocycles. The highest BCUT2D eigenvalue weighted by atomic mass is 14.9. The summed E-state index contributed by atoms with van der Waals surface area (Å²) in [5, 5.41) is 3.64. The van der Waals surface area contributed by atoms with Crippen molar-refractivity contribution in [2.75, 3.05) is 7.05 Å². The lowest BCUT2D eigenvalue weighted by Gasteiger charge is -2.42. The van der Waals surface area contributed by atoms with Crippen LogP contribution in [-0.4, -0.2) is 13.1 Å². The maximum atomic E-state index is 3.64. The summed E-state index contributed by atoms with van der Waals surface area (Å²) in [5.41, 5.74) is 1.73. The highest BCUT2D eigenvalue weighted by Gasteiger charge is 2.36. The van der Waals surface area contributed by atoms with Crippen LogP contribution in [0.15, 0.2) is 11.6 Å². The highest BCUT2D eigenvalue weighted by molar-refractivity contribution is 5.17. The van der Waals surface area contributed by atoms with Gasteiger partial charge in [0.15, 0.2) is 0 Å². The first kappa shape index (κ1) is 12.7.